The Hall–Kier alpha value is -0.560. The van der Waals surface area contributed by atoms with Gasteiger partial charge in [-0.1, -0.05) is 17.2 Å². The van der Waals surface area contributed by atoms with Crippen LogP contribution in [0.25, 0.3) is 0 Å². The van der Waals surface area contributed by atoms with E-state index in [1.165, 1.54) is 11.1 Å². The minimum Gasteiger partial charge on any atom is -0.373 e. The summed E-state index contributed by atoms with van der Waals surface area (Å²) in [6, 6.07) is 0. The topological polar surface area (TPSA) is 9.23 Å². The Morgan fingerprint density at radius 1 is 1.82 bits per heavy atom. The highest BCUT2D eigenvalue weighted by atomic mass is 16.5. The molecule has 0 saturated heterocycles. The molecule has 0 fully saturated rings. The molecule has 0 aromatic heterocycles. The molecular weight excluding hydrogens is 136 g/mol. The van der Waals surface area contributed by atoms with E-state index in [2.05, 4.69) is 26.5 Å². The Morgan fingerprint density at radius 3 is 3.09 bits per heavy atom. The standard InChI is InChI=1S/C10H16O/c1-8(2)6-10-7-9(3)4-5-11-10/h4,10H,1,5-7H2,2-3H3/t10-/m0/s1. The lowest BCUT2D eigenvalue weighted by Crippen LogP contribution is -2.17. The van der Waals surface area contributed by atoms with Crippen LogP contribution in [0.3, 0.4) is 0 Å². The number of rotatable bonds is 2. The summed E-state index contributed by atoms with van der Waals surface area (Å²) in [5.41, 5.74) is 2.66. The predicted molar refractivity (Wildman–Crippen MR) is 47.5 cm³/mol. The summed E-state index contributed by atoms with van der Waals surface area (Å²) in [4.78, 5) is 0. The summed E-state index contributed by atoms with van der Waals surface area (Å²) in [6.45, 7) is 8.87. The fourth-order valence-corrected chi connectivity index (χ4v) is 1.35. The molecule has 1 atom stereocenters. The van der Waals surface area contributed by atoms with Gasteiger partial charge in [0.25, 0.3) is 0 Å². The van der Waals surface area contributed by atoms with Crippen molar-refractivity contribution < 1.29 is 4.74 Å². The number of hydrogen-bond donors (Lipinski definition) is 0. The van der Waals surface area contributed by atoms with E-state index in [0.717, 1.165) is 19.4 Å². The van der Waals surface area contributed by atoms with Gasteiger partial charge in [-0.15, -0.1) is 6.58 Å². The molecule has 0 N–H and O–H groups in total. The normalized spacial score (nSPS) is 24.5. The summed E-state index contributed by atoms with van der Waals surface area (Å²) >= 11 is 0. The summed E-state index contributed by atoms with van der Waals surface area (Å²) < 4.78 is 5.52. The molecule has 0 bridgehead atoms. The average molecular weight is 152 g/mol. The Labute approximate surface area is 68.8 Å². The molecule has 1 aliphatic rings. The van der Waals surface area contributed by atoms with Gasteiger partial charge in [-0.3, -0.25) is 0 Å². The highest BCUT2D eigenvalue weighted by Gasteiger charge is 2.12. The summed E-state index contributed by atoms with van der Waals surface area (Å²) in [5.74, 6) is 0. The summed E-state index contributed by atoms with van der Waals surface area (Å²) in [7, 11) is 0. The zero-order valence-corrected chi connectivity index (χ0v) is 7.39. The number of hydrogen-bond acceptors (Lipinski definition) is 1. The lowest BCUT2D eigenvalue weighted by Gasteiger charge is -2.21. The SMILES string of the molecule is C=C(C)C[C@H]1CC(C)=CCO1. The van der Waals surface area contributed by atoms with Crippen LogP contribution in [0.1, 0.15) is 26.7 Å². The second kappa shape index (κ2) is 3.72. The van der Waals surface area contributed by atoms with Crippen molar-refractivity contribution in [3.05, 3.63) is 23.8 Å². The first-order chi connectivity index (χ1) is 5.18. The molecule has 0 spiro atoms. The van der Waals surface area contributed by atoms with Crippen LogP contribution < -0.4 is 0 Å². The van der Waals surface area contributed by atoms with Crippen LogP contribution in [0, 0.1) is 0 Å². The second-order valence-corrected chi connectivity index (χ2v) is 3.37. The minimum atomic E-state index is 0.387. The Bertz CT molecular complexity index is 179. The first kappa shape index (κ1) is 8.54. The minimum absolute atomic E-state index is 0.387. The molecule has 0 unspecified atom stereocenters. The molecule has 0 aromatic rings. The molecular formula is C10H16O. The van der Waals surface area contributed by atoms with Crippen LogP contribution in [0.5, 0.6) is 0 Å². The molecule has 1 rings (SSSR count). The molecule has 0 aliphatic carbocycles. The molecule has 0 radical (unpaired) electrons. The highest BCUT2D eigenvalue weighted by molar-refractivity contribution is 5.05. The van der Waals surface area contributed by atoms with Crippen molar-refractivity contribution >= 4 is 0 Å². The van der Waals surface area contributed by atoms with Crippen molar-refractivity contribution in [3.8, 4) is 0 Å². The van der Waals surface area contributed by atoms with Crippen molar-refractivity contribution in [1.82, 2.24) is 0 Å². The van der Waals surface area contributed by atoms with Gasteiger partial charge < -0.3 is 4.74 Å². The van der Waals surface area contributed by atoms with Crippen molar-refractivity contribution in [1.29, 1.82) is 0 Å². The van der Waals surface area contributed by atoms with E-state index in [-0.39, 0.29) is 0 Å². The Kier molecular flexibility index (Phi) is 2.89. The van der Waals surface area contributed by atoms with Crippen molar-refractivity contribution in [2.45, 2.75) is 32.8 Å². The van der Waals surface area contributed by atoms with Crippen molar-refractivity contribution in [2.24, 2.45) is 0 Å². The third-order valence-electron chi connectivity index (χ3n) is 1.89. The smallest absolute Gasteiger partial charge is 0.0654 e. The van der Waals surface area contributed by atoms with Crippen LogP contribution in [0.4, 0.5) is 0 Å². The predicted octanol–water partition coefficient (Wildman–Crippen LogP) is 2.69. The maximum absolute atomic E-state index is 5.52. The Balaban J connectivity index is 2.38. The van der Waals surface area contributed by atoms with Gasteiger partial charge in [0.05, 0.1) is 12.7 Å². The molecule has 0 aromatic carbocycles. The van der Waals surface area contributed by atoms with E-state index < -0.39 is 0 Å². The first-order valence-electron chi connectivity index (χ1n) is 4.10. The van der Waals surface area contributed by atoms with Crippen LogP contribution >= 0.6 is 0 Å². The maximum Gasteiger partial charge on any atom is 0.0654 e. The zero-order chi connectivity index (χ0) is 8.27. The molecule has 0 saturated carbocycles. The van der Waals surface area contributed by atoms with E-state index in [9.17, 15) is 0 Å². The highest BCUT2D eigenvalue weighted by Crippen LogP contribution is 2.18. The van der Waals surface area contributed by atoms with E-state index in [1.54, 1.807) is 0 Å². The zero-order valence-electron chi connectivity index (χ0n) is 7.39. The number of ether oxygens (including phenoxy) is 1. The monoisotopic (exact) mass is 152 g/mol. The van der Waals surface area contributed by atoms with Gasteiger partial charge >= 0.3 is 0 Å². The average Bonchev–Trinajstić information content (AvgIpc) is 1.85. The lowest BCUT2D eigenvalue weighted by atomic mass is 10.0. The van der Waals surface area contributed by atoms with Crippen molar-refractivity contribution in [2.75, 3.05) is 6.61 Å². The van der Waals surface area contributed by atoms with Crippen LogP contribution in [-0.2, 0) is 4.74 Å². The van der Waals surface area contributed by atoms with Crippen molar-refractivity contribution in [3.63, 3.8) is 0 Å². The van der Waals surface area contributed by atoms with E-state index in [0.29, 0.717) is 6.10 Å². The Morgan fingerprint density at radius 2 is 2.55 bits per heavy atom. The second-order valence-electron chi connectivity index (χ2n) is 3.37. The lowest BCUT2D eigenvalue weighted by molar-refractivity contribution is 0.0650. The molecule has 1 nitrogen and oxygen atoms in total. The van der Waals surface area contributed by atoms with Gasteiger partial charge in [0.2, 0.25) is 0 Å². The fraction of sp³-hybridized carbons (Fsp3) is 0.600. The molecule has 1 heterocycles. The summed E-state index contributed by atoms with van der Waals surface area (Å²) in [6.07, 6.45) is 4.62. The van der Waals surface area contributed by atoms with Crippen LogP contribution in [-0.4, -0.2) is 12.7 Å². The maximum atomic E-state index is 5.52. The van der Waals surface area contributed by atoms with E-state index >= 15 is 0 Å². The van der Waals surface area contributed by atoms with E-state index in [1.807, 2.05) is 0 Å². The van der Waals surface area contributed by atoms with Crippen LogP contribution in [0.15, 0.2) is 23.8 Å². The first-order valence-corrected chi connectivity index (χ1v) is 4.10. The fourth-order valence-electron chi connectivity index (χ4n) is 1.35. The summed E-state index contributed by atoms with van der Waals surface area (Å²) in [5, 5.41) is 0. The molecule has 1 aliphatic heterocycles. The quantitative estimate of drug-likeness (QED) is 0.553. The third kappa shape index (κ3) is 2.89. The van der Waals surface area contributed by atoms with Gasteiger partial charge in [0.15, 0.2) is 0 Å². The van der Waals surface area contributed by atoms with E-state index in [4.69, 9.17) is 4.74 Å². The molecule has 11 heavy (non-hydrogen) atoms. The van der Waals surface area contributed by atoms with Gasteiger partial charge in [0, 0.05) is 0 Å². The molecule has 62 valence electrons. The molecule has 0 amide bonds. The van der Waals surface area contributed by atoms with Gasteiger partial charge in [-0.25, -0.2) is 0 Å². The van der Waals surface area contributed by atoms with Gasteiger partial charge in [0.1, 0.15) is 0 Å². The molecule has 1 heteroatoms. The van der Waals surface area contributed by atoms with Gasteiger partial charge in [-0.2, -0.15) is 0 Å². The van der Waals surface area contributed by atoms with Gasteiger partial charge in [-0.05, 0) is 26.7 Å². The largest absolute Gasteiger partial charge is 0.373 e. The third-order valence-corrected chi connectivity index (χ3v) is 1.89. The van der Waals surface area contributed by atoms with Crippen LogP contribution in [0.2, 0.25) is 0 Å².